The number of rotatable bonds is 23. The van der Waals surface area contributed by atoms with Crippen LogP contribution in [0, 0.1) is 0 Å². The van der Waals surface area contributed by atoms with E-state index >= 15 is 0 Å². The fourth-order valence-electron chi connectivity index (χ4n) is 3.60. The van der Waals surface area contributed by atoms with Gasteiger partial charge in [0.25, 0.3) is 10.1 Å². The molecule has 0 aromatic carbocycles. The molecule has 0 spiro atoms. The Morgan fingerprint density at radius 1 is 0.464 bits per heavy atom. The summed E-state index contributed by atoms with van der Waals surface area (Å²) in [5, 5.41) is 0. The monoisotopic (exact) mass is 418 g/mol. The van der Waals surface area contributed by atoms with Gasteiger partial charge in [-0.15, -0.1) is 0 Å². The normalized spacial score (nSPS) is 11.9. The summed E-state index contributed by atoms with van der Waals surface area (Å²) < 4.78 is 29.0. The van der Waals surface area contributed by atoms with Crippen LogP contribution in [0.5, 0.6) is 0 Å². The molecular weight excluding hydrogens is 368 g/mol. The molecule has 0 unspecified atom stereocenters. The largest absolute Gasteiger partial charge is 0.270 e. The molecule has 0 aromatic rings. The molecule has 0 aliphatic rings. The first kappa shape index (κ1) is 27.9. The highest BCUT2D eigenvalue weighted by molar-refractivity contribution is 7.86. The van der Waals surface area contributed by atoms with Gasteiger partial charge in [0.2, 0.25) is 0 Å². The van der Waals surface area contributed by atoms with Crippen LogP contribution in [0.25, 0.3) is 0 Å². The van der Waals surface area contributed by atoms with Gasteiger partial charge in [0.15, 0.2) is 0 Å². The number of hydrogen-bond donors (Lipinski definition) is 0. The van der Waals surface area contributed by atoms with Gasteiger partial charge < -0.3 is 0 Å². The van der Waals surface area contributed by atoms with Crippen molar-refractivity contribution in [3.05, 3.63) is 0 Å². The topological polar surface area (TPSA) is 43.4 Å². The van der Waals surface area contributed by atoms with Crippen LogP contribution in [0.4, 0.5) is 0 Å². The molecule has 0 amide bonds. The lowest BCUT2D eigenvalue weighted by Gasteiger charge is -2.06. The van der Waals surface area contributed by atoms with Crippen LogP contribution in [0.2, 0.25) is 0 Å². The lowest BCUT2D eigenvalue weighted by molar-refractivity contribution is 0.305. The molecule has 0 N–H and O–H groups in total. The molecule has 3 nitrogen and oxygen atoms in total. The van der Waals surface area contributed by atoms with Gasteiger partial charge in [-0.2, -0.15) is 8.42 Å². The first-order valence-electron chi connectivity index (χ1n) is 12.5. The first-order valence-corrected chi connectivity index (χ1v) is 14.1. The molecule has 0 atom stereocenters. The molecule has 0 bridgehead atoms. The zero-order chi connectivity index (χ0) is 20.8. The predicted octanol–water partition coefficient (Wildman–Crippen LogP) is 8.17. The second-order valence-corrected chi connectivity index (χ2v) is 10.2. The summed E-state index contributed by atoms with van der Waals surface area (Å²) in [5.41, 5.74) is 0. The van der Waals surface area contributed by atoms with Gasteiger partial charge in [0, 0.05) is 0 Å². The van der Waals surface area contributed by atoms with Crippen molar-refractivity contribution in [1.29, 1.82) is 0 Å². The zero-order valence-electron chi connectivity index (χ0n) is 19.2. The van der Waals surface area contributed by atoms with E-state index in [4.69, 9.17) is 4.18 Å². The molecule has 0 aliphatic carbocycles. The van der Waals surface area contributed by atoms with Gasteiger partial charge in [-0.05, 0) is 12.8 Å². The number of hydrogen-bond acceptors (Lipinski definition) is 3. The lowest BCUT2D eigenvalue weighted by Crippen LogP contribution is -2.11. The third-order valence-electron chi connectivity index (χ3n) is 5.51. The smallest absolute Gasteiger partial charge is 0.267 e. The summed E-state index contributed by atoms with van der Waals surface area (Å²) in [6, 6.07) is 0. The van der Waals surface area contributed by atoms with E-state index < -0.39 is 10.1 Å². The second kappa shape index (κ2) is 21.6. The van der Waals surface area contributed by atoms with Crippen LogP contribution in [0.3, 0.4) is 0 Å². The van der Waals surface area contributed by atoms with Gasteiger partial charge in [0.1, 0.15) is 0 Å². The molecule has 4 heteroatoms. The maximum absolute atomic E-state index is 11.9. The highest BCUT2D eigenvalue weighted by Crippen LogP contribution is 2.13. The standard InChI is InChI=1S/C24H50O3S/c1-3-5-7-9-11-13-15-17-19-21-23-27-28(25,26)24-22-20-18-16-14-12-10-8-6-4-2/h3-24H2,1-2H3. The minimum absolute atomic E-state index is 0.196. The summed E-state index contributed by atoms with van der Waals surface area (Å²) in [5.74, 6) is 0.196. The molecule has 0 heterocycles. The summed E-state index contributed by atoms with van der Waals surface area (Å²) >= 11 is 0. The second-order valence-electron chi connectivity index (χ2n) is 8.45. The van der Waals surface area contributed by atoms with E-state index in [-0.39, 0.29) is 5.75 Å². The van der Waals surface area contributed by atoms with Crippen LogP contribution in [-0.4, -0.2) is 20.8 Å². The Labute approximate surface area is 177 Å². The lowest BCUT2D eigenvalue weighted by atomic mass is 10.1. The van der Waals surface area contributed by atoms with Crippen LogP contribution in [-0.2, 0) is 14.3 Å². The van der Waals surface area contributed by atoms with E-state index in [1.807, 2.05) is 0 Å². The van der Waals surface area contributed by atoms with Crippen molar-refractivity contribution in [3.63, 3.8) is 0 Å². The van der Waals surface area contributed by atoms with Gasteiger partial charge in [-0.3, -0.25) is 4.18 Å². The first-order chi connectivity index (χ1) is 13.6. The van der Waals surface area contributed by atoms with E-state index in [1.54, 1.807) is 0 Å². The van der Waals surface area contributed by atoms with Crippen molar-refractivity contribution in [2.45, 2.75) is 142 Å². The summed E-state index contributed by atoms with van der Waals surface area (Å²) in [6.45, 7) is 4.87. The van der Waals surface area contributed by atoms with Crippen LogP contribution >= 0.6 is 0 Å². The Morgan fingerprint density at radius 3 is 1.18 bits per heavy atom. The van der Waals surface area contributed by atoms with Crippen molar-refractivity contribution >= 4 is 10.1 Å². The molecule has 0 saturated carbocycles. The molecule has 28 heavy (non-hydrogen) atoms. The van der Waals surface area contributed by atoms with Crippen molar-refractivity contribution in [1.82, 2.24) is 0 Å². The molecule has 170 valence electrons. The Kier molecular flexibility index (Phi) is 21.5. The molecule has 0 radical (unpaired) electrons. The van der Waals surface area contributed by atoms with E-state index in [1.165, 1.54) is 96.3 Å². The van der Waals surface area contributed by atoms with Crippen molar-refractivity contribution in [2.75, 3.05) is 12.4 Å². The summed E-state index contributed by atoms with van der Waals surface area (Å²) in [4.78, 5) is 0. The highest BCUT2D eigenvalue weighted by Gasteiger charge is 2.10. The van der Waals surface area contributed by atoms with Gasteiger partial charge >= 0.3 is 0 Å². The zero-order valence-corrected chi connectivity index (χ0v) is 20.0. The summed E-state index contributed by atoms with van der Waals surface area (Å²) in [7, 11) is -3.30. The highest BCUT2D eigenvalue weighted by atomic mass is 32.2. The minimum Gasteiger partial charge on any atom is -0.270 e. The quantitative estimate of drug-likeness (QED) is 0.124. The minimum atomic E-state index is -3.30. The van der Waals surface area contributed by atoms with Crippen molar-refractivity contribution in [2.24, 2.45) is 0 Å². The SMILES string of the molecule is CCCCCCCCCCCCOS(=O)(=O)CCCCCCCCCCCC. The third kappa shape index (κ3) is 22.2. The average molecular weight is 419 g/mol. The van der Waals surface area contributed by atoms with Gasteiger partial charge in [0.05, 0.1) is 12.4 Å². The Morgan fingerprint density at radius 2 is 0.786 bits per heavy atom. The fraction of sp³-hybridized carbons (Fsp3) is 1.00. The Bertz CT molecular complexity index is 393. The molecule has 0 fully saturated rings. The average Bonchev–Trinajstić information content (AvgIpc) is 2.67. The van der Waals surface area contributed by atoms with E-state index in [2.05, 4.69) is 13.8 Å². The predicted molar refractivity (Wildman–Crippen MR) is 123 cm³/mol. The molecule has 0 rings (SSSR count). The van der Waals surface area contributed by atoms with Crippen molar-refractivity contribution in [3.8, 4) is 0 Å². The van der Waals surface area contributed by atoms with Gasteiger partial charge in [-0.1, -0.05) is 129 Å². The Balaban J connectivity index is 3.33. The van der Waals surface area contributed by atoms with E-state index in [0.717, 1.165) is 32.1 Å². The van der Waals surface area contributed by atoms with Crippen LogP contribution in [0.1, 0.15) is 142 Å². The van der Waals surface area contributed by atoms with E-state index in [0.29, 0.717) is 6.61 Å². The van der Waals surface area contributed by atoms with Crippen molar-refractivity contribution < 1.29 is 12.6 Å². The number of unbranched alkanes of at least 4 members (excludes halogenated alkanes) is 18. The molecule has 0 saturated heterocycles. The molecular formula is C24H50O3S. The third-order valence-corrected chi connectivity index (χ3v) is 6.82. The van der Waals surface area contributed by atoms with Gasteiger partial charge in [-0.25, -0.2) is 0 Å². The maximum atomic E-state index is 11.9. The van der Waals surface area contributed by atoms with Crippen LogP contribution in [0.15, 0.2) is 0 Å². The fourth-order valence-corrected chi connectivity index (χ4v) is 4.65. The Hall–Kier alpha value is -0.0900. The maximum Gasteiger partial charge on any atom is 0.267 e. The molecule has 0 aromatic heterocycles. The van der Waals surface area contributed by atoms with Crippen LogP contribution < -0.4 is 0 Å². The van der Waals surface area contributed by atoms with E-state index in [9.17, 15) is 8.42 Å². The summed E-state index contributed by atoms with van der Waals surface area (Å²) in [6.07, 6.45) is 24.7. The molecule has 0 aliphatic heterocycles.